The van der Waals surface area contributed by atoms with Crippen molar-refractivity contribution >= 4 is 12.4 Å². The molecule has 1 heterocycles. The maximum atomic E-state index is 4.52. The molecular formula is C16H24ClN3. The molecule has 1 N–H and O–H groups in total. The van der Waals surface area contributed by atoms with E-state index in [4.69, 9.17) is 0 Å². The molecule has 0 unspecified atom stereocenters. The van der Waals surface area contributed by atoms with Crippen molar-refractivity contribution in [2.24, 2.45) is 7.05 Å². The average molecular weight is 294 g/mol. The minimum absolute atomic E-state index is 0. The first-order valence-electron chi connectivity index (χ1n) is 6.94. The van der Waals surface area contributed by atoms with Gasteiger partial charge in [-0.2, -0.15) is 5.10 Å². The van der Waals surface area contributed by atoms with Gasteiger partial charge in [0.25, 0.3) is 0 Å². The Bertz CT molecular complexity index is 506. The van der Waals surface area contributed by atoms with Crippen molar-refractivity contribution in [1.82, 2.24) is 15.1 Å². The van der Waals surface area contributed by atoms with E-state index in [0.717, 1.165) is 19.5 Å². The second kappa shape index (κ2) is 8.08. The van der Waals surface area contributed by atoms with E-state index in [1.54, 1.807) is 0 Å². The van der Waals surface area contributed by atoms with E-state index in [1.807, 2.05) is 11.7 Å². The predicted octanol–water partition coefficient (Wildman–Crippen LogP) is 3.30. The van der Waals surface area contributed by atoms with E-state index in [2.05, 4.69) is 60.7 Å². The lowest BCUT2D eigenvalue weighted by Gasteiger charge is -2.05. The Kier molecular flexibility index (Phi) is 6.76. The van der Waals surface area contributed by atoms with Crippen LogP contribution >= 0.6 is 12.4 Å². The molecule has 3 nitrogen and oxygen atoms in total. The number of aryl methyl sites for hydroxylation is 1. The number of nitrogens with zero attached hydrogens (tertiary/aromatic N) is 2. The molecule has 0 saturated heterocycles. The number of aromatic nitrogens is 2. The molecule has 0 spiro atoms. The van der Waals surface area contributed by atoms with E-state index in [1.165, 1.54) is 17.0 Å². The fourth-order valence-electron chi connectivity index (χ4n) is 2.07. The van der Waals surface area contributed by atoms with Crippen LogP contribution in [-0.4, -0.2) is 16.3 Å². The van der Waals surface area contributed by atoms with Crippen molar-refractivity contribution in [3.8, 4) is 0 Å². The second-order valence-electron chi connectivity index (χ2n) is 5.25. The van der Waals surface area contributed by atoms with Gasteiger partial charge < -0.3 is 5.32 Å². The lowest BCUT2D eigenvalue weighted by Crippen LogP contribution is -2.18. The minimum Gasteiger partial charge on any atom is -0.311 e. The van der Waals surface area contributed by atoms with Gasteiger partial charge in [0, 0.05) is 13.6 Å². The molecule has 20 heavy (non-hydrogen) atoms. The van der Waals surface area contributed by atoms with Crippen LogP contribution in [0.3, 0.4) is 0 Å². The second-order valence-corrected chi connectivity index (χ2v) is 5.25. The first-order valence-corrected chi connectivity index (χ1v) is 6.94. The van der Waals surface area contributed by atoms with Crippen molar-refractivity contribution in [1.29, 1.82) is 0 Å². The Morgan fingerprint density at radius 2 is 1.90 bits per heavy atom. The quantitative estimate of drug-likeness (QED) is 0.828. The lowest BCUT2D eigenvalue weighted by atomic mass is 10.1. The summed E-state index contributed by atoms with van der Waals surface area (Å²) in [6.07, 6.45) is 1.07. The summed E-state index contributed by atoms with van der Waals surface area (Å²) in [4.78, 5) is 0. The summed E-state index contributed by atoms with van der Waals surface area (Å²) in [5.74, 6) is 0.490. The molecule has 0 saturated carbocycles. The summed E-state index contributed by atoms with van der Waals surface area (Å²) in [7, 11) is 2.01. The molecule has 0 fully saturated rings. The van der Waals surface area contributed by atoms with Crippen LogP contribution in [0.5, 0.6) is 0 Å². The van der Waals surface area contributed by atoms with Gasteiger partial charge in [0.05, 0.1) is 11.4 Å². The molecule has 1 aromatic carbocycles. The van der Waals surface area contributed by atoms with Gasteiger partial charge in [-0.3, -0.25) is 4.68 Å². The van der Waals surface area contributed by atoms with Crippen molar-refractivity contribution in [3.05, 3.63) is 53.3 Å². The number of hydrogen-bond donors (Lipinski definition) is 1. The monoisotopic (exact) mass is 293 g/mol. The van der Waals surface area contributed by atoms with Crippen LogP contribution in [-0.2, 0) is 20.0 Å². The molecule has 4 heteroatoms. The van der Waals surface area contributed by atoms with Crippen LogP contribution in [0.2, 0.25) is 0 Å². The molecule has 0 aliphatic rings. The van der Waals surface area contributed by atoms with E-state index in [9.17, 15) is 0 Å². The van der Waals surface area contributed by atoms with E-state index in [-0.39, 0.29) is 12.4 Å². The van der Waals surface area contributed by atoms with Crippen LogP contribution in [0, 0.1) is 0 Å². The Morgan fingerprint density at radius 3 is 2.50 bits per heavy atom. The highest BCUT2D eigenvalue weighted by molar-refractivity contribution is 5.85. The van der Waals surface area contributed by atoms with Gasteiger partial charge in [0.1, 0.15) is 0 Å². The highest BCUT2D eigenvalue weighted by atomic mass is 35.5. The zero-order chi connectivity index (χ0) is 13.7. The van der Waals surface area contributed by atoms with Gasteiger partial charge in [-0.05, 0) is 30.5 Å². The Labute approximate surface area is 127 Å². The standard InChI is InChI=1S/C16H23N3.ClH/c1-13(2)16-11-15(19(3)18-16)12-17-10-9-14-7-5-4-6-8-14;/h4-8,11,13,17H,9-10,12H2,1-3H3;1H. The maximum Gasteiger partial charge on any atom is 0.0653 e. The third-order valence-corrected chi connectivity index (χ3v) is 3.33. The normalized spacial score (nSPS) is 10.6. The molecule has 1 aromatic heterocycles. The first-order chi connectivity index (χ1) is 9.16. The molecule has 0 bridgehead atoms. The number of rotatable bonds is 6. The molecule has 0 atom stereocenters. The third-order valence-electron chi connectivity index (χ3n) is 3.33. The Balaban J connectivity index is 0.00000200. The topological polar surface area (TPSA) is 29.9 Å². The van der Waals surface area contributed by atoms with Crippen LogP contribution in [0.25, 0.3) is 0 Å². The average Bonchev–Trinajstić information content (AvgIpc) is 2.78. The Hall–Kier alpha value is -1.32. The van der Waals surface area contributed by atoms with Crippen LogP contribution < -0.4 is 5.32 Å². The lowest BCUT2D eigenvalue weighted by molar-refractivity contribution is 0.620. The molecule has 0 aliphatic heterocycles. The maximum absolute atomic E-state index is 4.52. The van der Waals surface area contributed by atoms with E-state index < -0.39 is 0 Å². The number of hydrogen-bond acceptors (Lipinski definition) is 2. The summed E-state index contributed by atoms with van der Waals surface area (Å²) >= 11 is 0. The minimum atomic E-state index is 0. The molecule has 0 amide bonds. The molecular weight excluding hydrogens is 270 g/mol. The Morgan fingerprint density at radius 1 is 1.20 bits per heavy atom. The summed E-state index contributed by atoms with van der Waals surface area (Å²) < 4.78 is 1.98. The van der Waals surface area contributed by atoms with Gasteiger partial charge in [-0.25, -0.2) is 0 Å². The van der Waals surface area contributed by atoms with Gasteiger partial charge in [0.15, 0.2) is 0 Å². The fourth-order valence-corrected chi connectivity index (χ4v) is 2.07. The van der Waals surface area contributed by atoms with Gasteiger partial charge >= 0.3 is 0 Å². The highest BCUT2D eigenvalue weighted by Crippen LogP contribution is 2.13. The van der Waals surface area contributed by atoms with E-state index in [0.29, 0.717) is 5.92 Å². The van der Waals surface area contributed by atoms with Crippen molar-refractivity contribution in [2.45, 2.75) is 32.7 Å². The number of benzene rings is 1. The number of halogens is 1. The molecule has 2 rings (SSSR count). The summed E-state index contributed by atoms with van der Waals surface area (Å²) in [6.45, 7) is 6.22. The smallest absolute Gasteiger partial charge is 0.0653 e. The largest absolute Gasteiger partial charge is 0.311 e. The fraction of sp³-hybridized carbons (Fsp3) is 0.438. The van der Waals surface area contributed by atoms with Gasteiger partial charge in [-0.1, -0.05) is 44.2 Å². The van der Waals surface area contributed by atoms with Crippen molar-refractivity contribution in [2.75, 3.05) is 6.54 Å². The van der Waals surface area contributed by atoms with Crippen molar-refractivity contribution in [3.63, 3.8) is 0 Å². The van der Waals surface area contributed by atoms with E-state index >= 15 is 0 Å². The van der Waals surface area contributed by atoms with Gasteiger partial charge in [0.2, 0.25) is 0 Å². The van der Waals surface area contributed by atoms with Crippen LogP contribution in [0.1, 0.15) is 36.7 Å². The SMILES string of the molecule is CC(C)c1cc(CNCCc2ccccc2)n(C)n1.Cl. The highest BCUT2D eigenvalue weighted by Gasteiger charge is 2.07. The molecule has 0 radical (unpaired) electrons. The molecule has 110 valence electrons. The van der Waals surface area contributed by atoms with Crippen LogP contribution in [0.4, 0.5) is 0 Å². The van der Waals surface area contributed by atoms with Gasteiger partial charge in [-0.15, -0.1) is 12.4 Å². The summed E-state index contributed by atoms with van der Waals surface area (Å²) in [5.41, 5.74) is 3.79. The van der Waals surface area contributed by atoms with Crippen LogP contribution in [0.15, 0.2) is 36.4 Å². The zero-order valence-electron chi connectivity index (χ0n) is 12.5. The summed E-state index contributed by atoms with van der Waals surface area (Å²) in [6, 6.07) is 12.8. The molecule has 2 aromatic rings. The molecule has 0 aliphatic carbocycles. The first kappa shape index (κ1) is 16.7. The predicted molar refractivity (Wildman–Crippen MR) is 86.4 cm³/mol. The zero-order valence-corrected chi connectivity index (χ0v) is 13.3. The van der Waals surface area contributed by atoms with Crippen molar-refractivity contribution < 1.29 is 0 Å². The summed E-state index contributed by atoms with van der Waals surface area (Å²) in [5, 5.41) is 8.01. The third kappa shape index (κ3) is 4.66. The number of nitrogens with one attached hydrogen (secondary N) is 1.